The van der Waals surface area contributed by atoms with Crippen LogP contribution in [-0.2, 0) is 11.2 Å². The van der Waals surface area contributed by atoms with Crippen LogP contribution in [0.2, 0.25) is 0 Å². The number of halogens is 1. The summed E-state index contributed by atoms with van der Waals surface area (Å²) in [5.41, 5.74) is 3.91. The normalized spacial score (nSPS) is 11.0. The van der Waals surface area contributed by atoms with Crippen molar-refractivity contribution < 1.29 is 18.8 Å². The van der Waals surface area contributed by atoms with E-state index in [9.17, 15) is 9.18 Å². The second-order valence-electron chi connectivity index (χ2n) is 7.83. The van der Waals surface area contributed by atoms with E-state index in [-0.39, 0.29) is 23.7 Å². The number of carboxylic acids is 1. The van der Waals surface area contributed by atoms with Crippen LogP contribution >= 0.6 is 0 Å². The smallest absolute Gasteiger partial charge is 0.303 e. The van der Waals surface area contributed by atoms with Crippen molar-refractivity contribution in [2.45, 2.75) is 19.8 Å². The predicted octanol–water partition coefficient (Wildman–Crippen LogP) is 4.51. The van der Waals surface area contributed by atoms with Gasteiger partial charge < -0.3 is 9.63 Å². The zero-order valence-corrected chi connectivity index (χ0v) is 18.6. The van der Waals surface area contributed by atoms with E-state index in [1.807, 2.05) is 25.1 Å². The fourth-order valence-electron chi connectivity index (χ4n) is 3.76. The highest BCUT2D eigenvalue weighted by atomic mass is 19.1. The highest BCUT2D eigenvalue weighted by molar-refractivity contribution is 5.74. The molecule has 0 saturated carbocycles. The van der Waals surface area contributed by atoms with E-state index in [1.165, 1.54) is 10.7 Å². The van der Waals surface area contributed by atoms with Crippen LogP contribution in [0.15, 0.2) is 71.4 Å². The van der Waals surface area contributed by atoms with Crippen LogP contribution in [0.5, 0.6) is 0 Å². The molecule has 0 amide bonds. The molecule has 0 unspecified atom stereocenters. The van der Waals surface area contributed by atoms with Crippen molar-refractivity contribution in [1.82, 2.24) is 30.1 Å². The molecule has 0 spiro atoms. The van der Waals surface area contributed by atoms with Crippen molar-refractivity contribution in [3.8, 4) is 40.0 Å². The topological polar surface area (TPSA) is 120 Å². The highest BCUT2D eigenvalue weighted by Crippen LogP contribution is 2.32. The van der Waals surface area contributed by atoms with E-state index in [2.05, 4.69) is 25.4 Å². The summed E-state index contributed by atoms with van der Waals surface area (Å²) in [6.07, 6.45) is 2.10. The van der Waals surface area contributed by atoms with Crippen LogP contribution in [0, 0.1) is 12.7 Å². The third-order valence-electron chi connectivity index (χ3n) is 5.45. The minimum absolute atomic E-state index is 0.0547. The Hall–Kier alpha value is -4.73. The zero-order chi connectivity index (χ0) is 24.4. The van der Waals surface area contributed by atoms with Crippen molar-refractivity contribution in [1.29, 1.82) is 0 Å². The molecular weight excluding hydrogens is 451 g/mol. The molecule has 10 heteroatoms. The van der Waals surface area contributed by atoms with Gasteiger partial charge >= 0.3 is 5.97 Å². The van der Waals surface area contributed by atoms with Crippen molar-refractivity contribution in [3.05, 3.63) is 83.8 Å². The van der Waals surface area contributed by atoms with Crippen LogP contribution in [-0.4, -0.2) is 41.2 Å². The molecule has 0 aliphatic carbocycles. The maximum absolute atomic E-state index is 14.6. The van der Waals surface area contributed by atoms with Gasteiger partial charge in [0, 0.05) is 18.2 Å². The summed E-state index contributed by atoms with van der Waals surface area (Å²) in [6, 6.07) is 17.1. The number of carbonyl (C=O) groups is 1. The lowest BCUT2D eigenvalue weighted by Gasteiger charge is -2.07. The number of aliphatic carboxylic acids is 1. The second-order valence-corrected chi connectivity index (χ2v) is 7.83. The van der Waals surface area contributed by atoms with E-state index >= 15 is 0 Å². The molecular formula is C25H19FN6O3. The maximum atomic E-state index is 14.6. The number of hydrogen-bond donors (Lipinski definition) is 1. The Kier molecular flexibility index (Phi) is 5.84. The summed E-state index contributed by atoms with van der Waals surface area (Å²) in [5.74, 6) is -0.861. The van der Waals surface area contributed by atoms with E-state index < -0.39 is 11.8 Å². The molecule has 0 aliphatic rings. The molecule has 0 fully saturated rings. The number of para-hydroxylation sites is 1. The maximum Gasteiger partial charge on any atom is 0.303 e. The van der Waals surface area contributed by atoms with E-state index in [1.54, 1.807) is 42.6 Å². The molecule has 1 N–H and O–H groups in total. The van der Waals surface area contributed by atoms with E-state index in [0.717, 1.165) is 16.7 Å². The van der Waals surface area contributed by atoms with Crippen LogP contribution in [0.1, 0.15) is 17.5 Å². The van der Waals surface area contributed by atoms with Crippen LogP contribution in [0.25, 0.3) is 40.0 Å². The average Bonchev–Trinajstić information content (AvgIpc) is 3.51. The number of rotatable bonds is 7. The summed E-state index contributed by atoms with van der Waals surface area (Å²) in [5, 5.41) is 21.4. The lowest BCUT2D eigenvalue weighted by atomic mass is 10.0. The first kappa shape index (κ1) is 22.1. The quantitative estimate of drug-likeness (QED) is 0.369. The molecule has 5 rings (SSSR count). The van der Waals surface area contributed by atoms with Crippen molar-refractivity contribution >= 4 is 5.97 Å². The van der Waals surface area contributed by atoms with Gasteiger partial charge in [0.1, 0.15) is 17.2 Å². The Labute approximate surface area is 198 Å². The summed E-state index contributed by atoms with van der Waals surface area (Å²) in [7, 11) is 0. The van der Waals surface area contributed by atoms with Gasteiger partial charge in [-0.25, -0.2) is 9.07 Å². The van der Waals surface area contributed by atoms with Gasteiger partial charge in [-0.05, 0) is 48.7 Å². The summed E-state index contributed by atoms with van der Waals surface area (Å²) >= 11 is 0. The SMILES string of the molecule is Cc1cc(CCC(=O)O)ccc1-c1noc(-c2nnn(-c3ccccc3F)c2-c2ccccn2)n1. The Morgan fingerprint density at radius 1 is 1.11 bits per heavy atom. The highest BCUT2D eigenvalue weighted by Gasteiger charge is 2.25. The standard InChI is InChI=1S/C25H19FN6O3/c1-15-14-16(10-12-21(33)34)9-11-17(15)24-28-25(35-30-24)22-23(19-7-4-5-13-27-19)32(31-29-22)20-8-3-2-6-18(20)26/h2-9,11,13-14H,10,12H2,1H3,(H,33,34). The summed E-state index contributed by atoms with van der Waals surface area (Å²) < 4.78 is 21.5. The molecule has 0 atom stereocenters. The summed E-state index contributed by atoms with van der Waals surface area (Å²) in [4.78, 5) is 19.8. The average molecular weight is 470 g/mol. The molecule has 3 aromatic heterocycles. The predicted molar refractivity (Wildman–Crippen MR) is 124 cm³/mol. The van der Waals surface area contributed by atoms with E-state index in [0.29, 0.717) is 23.6 Å². The number of carboxylic acid groups (broad SMARTS) is 1. The number of aryl methyl sites for hydroxylation is 2. The van der Waals surface area contributed by atoms with Crippen molar-refractivity contribution in [2.75, 3.05) is 0 Å². The van der Waals surface area contributed by atoms with E-state index in [4.69, 9.17) is 9.63 Å². The van der Waals surface area contributed by atoms with Crippen LogP contribution < -0.4 is 0 Å². The Balaban J connectivity index is 1.56. The zero-order valence-electron chi connectivity index (χ0n) is 18.6. The Bertz CT molecular complexity index is 1510. The number of pyridine rings is 1. The molecule has 0 radical (unpaired) electrons. The van der Waals surface area contributed by atoms with Gasteiger partial charge in [0.25, 0.3) is 5.89 Å². The lowest BCUT2D eigenvalue weighted by molar-refractivity contribution is -0.136. The second kappa shape index (κ2) is 9.26. The minimum Gasteiger partial charge on any atom is -0.481 e. The first-order valence-corrected chi connectivity index (χ1v) is 10.8. The third-order valence-corrected chi connectivity index (χ3v) is 5.45. The molecule has 0 bridgehead atoms. The fraction of sp³-hybridized carbons (Fsp3) is 0.120. The van der Waals surface area contributed by atoms with Crippen molar-refractivity contribution in [2.24, 2.45) is 0 Å². The van der Waals surface area contributed by atoms with Gasteiger partial charge in [0.2, 0.25) is 5.82 Å². The van der Waals surface area contributed by atoms with Gasteiger partial charge in [0.05, 0.1) is 5.69 Å². The van der Waals surface area contributed by atoms with Gasteiger partial charge in [0.15, 0.2) is 5.69 Å². The van der Waals surface area contributed by atoms with Crippen molar-refractivity contribution in [3.63, 3.8) is 0 Å². The minimum atomic E-state index is -0.846. The summed E-state index contributed by atoms with van der Waals surface area (Å²) in [6.45, 7) is 1.89. The Morgan fingerprint density at radius 2 is 1.94 bits per heavy atom. The molecule has 174 valence electrons. The third kappa shape index (κ3) is 4.41. The molecule has 0 aliphatic heterocycles. The molecule has 5 aromatic rings. The molecule has 3 heterocycles. The lowest BCUT2D eigenvalue weighted by Crippen LogP contribution is -2.03. The first-order chi connectivity index (χ1) is 17.0. The molecule has 35 heavy (non-hydrogen) atoms. The number of benzene rings is 2. The molecule has 2 aromatic carbocycles. The fourth-order valence-corrected chi connectivity index (χ4v) is 3.76. The number of hydrogen-bond acceptors (Lipinski definition) is 7. The monoisotopic (exact) mass is 470 g/mol. The largest absolute Gasteiger partial charge is 0.481 e. The molecule has 9 nitrogen and oxygen atoms in total. The first-order valence-electron chi connectivity index (χ1n) is 10.8. The van der Waals surface area contributed by atoms with Gasteiger partial charge in [-0.3, -0.25) is 9.78 Å². The number of aromatic nitrogens is 6. The number of nitrogens with zero attached hydrogens (tertiary/aromatic N) is 6. The van der Waals surface area contributed by atoms with Crippen LogP contribution in [0.3, 0.4) is 0 Å². The van der Waals surface area contributed by atoms with Gasteiger partial charge in [-0.15, -0.1) is 5.10 Å². The van der Waals surface area contributed by atoms with Gasteiger partial charge in [-0.2, -0.15) is 4.98 Å². The van der Waals surface area contributed by atoms with Crippen LogP contribution in [0.4, 0.5) is 4.39 Å². The molecule has 0 saturated heterocycles. The Morgan fingerprint density at radius 3 is 2.69 bits per heavy atom. The van der Waals surface area contributed by atoms with Gasteiger partial charge in [-0.1, -0.05) is 46.8 Å².